The highest BCUT2D eigenvalue weighted by Crippen LogP contribution is 2.24. The van der Waals surface area contributed by atoms with E-state index in [-0.39, 0.29) is 11.7 Å². The standard InChI is InChI=1S/C25H26FN3OS/c1-3-14-28(24(30)20-7-5-18(4-2)6-8-20)15-13-22-17-31-25-27-23(16-29(22)25)19-9-11-21(26)12-10-19/h5-12,16-17H,3-4,13-15H2,1-2H3. The maximum absolute atomic E-state index is 13.2. The molecule has 0 aliphatic rings. The number of fused-ring (bicyclic) bond motifs is 1. The van der Waals surface area contributed by atoms with E-state index in [1.807, 2.05) is 35.4 Å². The van der Waals surface area contributed by atoms with Crippen molar-refractivity contribution in [2.75, 3.05) is 13.1 Å². The Morgan fingerprint density at radius 1 is 1.06 bits per heavy atom. The molecule has 6 heteroatoms. The second-order valence-electron chi connectivity index (χ2n) is 7.61. The molecule has 2 aromatic heterocycles. The zero-order valence-corrected chi connectivity index (χ0v) is 18.7. The quantitative estimate of drug-likeness (QED) is 0.348. The zero-order valence-electron chi connectivity index (χ0n) is 17.8. The van der Waals surface area contributed by atoms with Gasteiger partial charge in [-0.15, -0.1) is 11.3 Å². The van der Waals surface area contributed by atoms with Crippen LogP contribution in [0.15, 0.2) is 60.1 Å². The van der Waals surface area contributed by atoms with Crippen LogP contribution in [0.5, 0.6) is 0 Å². The first-order chi connectivity index (χ1) is 15.1. The molecule has 0 radical (unpaired) electrons. The molecule has 2 aromatic carbocycles. The highest BCUT2D eigenvalue weighted by atomic mass is 32.1. The molecule has 1 amide bonds. The van der Waals surface area contributed by atoms with Crippen LogP contribution in [-0.2, 0) is 12.8 Å². The Labute approximate surface area is 186 Å². The Bertz CT molecular complexity index is 1160. The molecule has 4 aromatic rings. The number of imidazole rings is 1. The molecule has 0 bridgehead atoms. The summed E-state index contributed by atoms with van der Waals surface area (Å²) in [6.45, 7) is 5.58. The SMILES string of the molecule is CCCN(CCc1csc2nc(-c3ccc(F)cc3)cn12)C(=O)c1ccc(CC)cc1. The maximum atomic E-state index is 13.2. The van der Waals surface area contributed by atoms with Gasteiger partial charge in [0, 0.05) is 47.9 Å². The lowest BCUT2D eigenvalue weighted by Gasteiger charge is -2.22. The number of halogens is 1. The smallest absolute Gasteiger partial charge is 0.253 e. The maximum Gasteiger partial charge on any atom is 0.253 e. The van der Waals surface area contributed by atoms with Crippen LogP contribution < -0.4 is 0 Å². The van der Waals surface area contributed by atoms with Crippen molar-refractivity contribution in [3.63, 3.8) is 0 Å². The minimum atomic E-state index is -0.254. The number of amides is 1. The molecule has 0 spiro atoms. The number of hydrogen-bond acceptors (Lipinski definition) is 3. The molecule has 0 fully saturated rings. The van der Waals surface area contributed by atoms with Crippen LogP contribution in [0.25, 0.3) is 16.2 Å². The molecular formula is C25H26FN3OS. The largest absolute Gasteiger partial charge is 0.338 e. The third-order valence-electron chi connectivity index (χ3n) is 5.45. The van der Waals surface area contributed by atoms with Gasteiger partial charge in [0.15, 0.2) is 4.96 Å². The molecule has 0 N–H and O–H groups in total. The van der Waals surface area contributed by atoms with Crippen molar-refractivity contribution >= 4 is 22.2 Å². The fraction of sp³-hybridized carbons (Fsp3) is 0.280. The highest BCUT2D eigenvalue weighted by Gasteiger charge is 2.17. The number of hydrogen-bond donors (Lipinski definition) is 0. The fourth-order valence-corrected chi connectivity index (χ4v) is 4.58. The number of nitrogens with zero attached hydrogens (tertiary/aromatic N) is 3. The Balaban J connectivity index is 1.50. The number of aromatic nitrogens is 2. The van der Waals surface area contributed by atoms with Crippen LogP contribution in [0.3, 0.4) is 0 Å². The number of carbonyl (C=O) groups is 1. The molecule has 0 unspecified atom stereocenters. The number of benzene rings is 2. The van der Waals surface area contributed by atoms with Gasteiger partial charge >= 0.3 is 0 Å². The van der Waals surface area contributed by atoms with Gasteiger partial charge in [-0.05, 0) is 54.8 Å². The summed E-state index contributed by atoms with van der Waals surface area (Å²) in [5, 5.41) is 2.10. The number of carbonyl (C=O) groups excluding carboxylic acids is 1. The predicted octanol–water partition coefficient (Wildman–Crippen LogP) is 5.86. The lowest BCUT2D eigenvalue weighted by Crippen LogP contribution is -2.33. The van der Waals surface area contributed by atoms with Crippen LogP contribution in [0.1, 0.15) is 41.9 Å². The van der Waals surface area contributed by atoms with E-state index in [1.54, 1.807) is 23.5 Å². The van der Waals surface area contributed by atoms with E-state index in [4.69, 9.17) is 0 Å². The van der Waals surface area contributed by atoms with Crippen LogP contribution in [0.2, 0.25) is 0 Å². The van der Waals surface area contributed by atoms with Crippen LogP contribution >= 0.6 is 11.3 Å². The van der Waals surface area contributed by atoms with Gasteiger partial charge in [0.1, 0.15) is 5.82 Å². The Morgan fingerprint density at radius 3 is 2.48 bits per heavy atom. The summed E-state index contributed by atoms with van der Waals surface area (Å²) in [6.07, 6.45) is 4.62. The lowest BCUT2D eigenvalue weighted by molar-refractivity contribution is 0.0757. The van der Waals surface area contributed by atoms with E-state index in [0.29, 0.717) is 6.54 Å². The first kappa shape index (κ1) is 21.2. The normalized spacial score (nSPS) is 11.2. The van der Waals surface area contributed by atoms with Gasteiger partial charge in [0.05, 0.1) is 5.69 Å². The first-order valence-corrected chi connectivity index (χ1v) is 11.6. The molecule has 2 heterocycles. The van der Waals surface area contributed by atoms with Gasteiger partial charge in [-0.2, -0.15) is 0 Å². The summed E-state index contributed by atoms with van der Waals surface area (Å²) in [5.74, 6) is -0.177. The minimum absolute atomic E-state index is 0.0774. The van der Waals surface area contributed by atoms with E-state index in [2.05, 4.69) is 28.6 Å². The second kappa shape index (κ2) is 9.43. The third kappa shape index (κ3) is 4.69. The summed E-state index contributed by atoms with van der Waals surface area (Å²) in [4.78, 5) is 20.6. The van der Waals surface area contributed by atoms with Crippen molar-refractivity contribution in [3.05, 3.63) is 82.7 Å². The van der Waals surface area contributed by atoms with E-state index >= 15 is 0 Å². The molecule has 4 rings (SSSR count). The van der Waals surface area contributed by atoms with Crippen molar-refractivity contribution < 1.29 is 9.18 Å². The monoisotopic (exact) mass is 435 g/mol. The number of rotatable bonds is 8. The number of thiazole rings is 1. The molecule has 0 saturated heterocycles. The summed E-state index contributed by atoms with van der Waals surface area (Å²) < 4.78 is 15.3. The average Bonchev–Trinajstić information content (AvgIpc) is 3.38. The van der Waals surface area contributed by atoms with E-state index < -0.39 is 0 Å². The van der Waals surface area contributed by atoms with Gasteiger partial charge < -0.3 is 4.90 Å². The van der Waals surface area contributed by atoms with Crippen molar-refractivity contribution in [3.8, 4) is 11.3 Å². The van der Waals surface area contributed by atoms with Gasteiger partial charge in [0.2, 0.25) is 0 Å². The average molecular weight is 436 g/mol. The molecule has 0 aliphatic carbocycles. The van der Waals surface area contributed by atoms with Crippen molar-refractivity contribution in [2.24, 2.45) is 0 Å². The number of aryl methyl sites for hydroxylation is 1. The van der Waals surface area contributed by atoms with E-state index in [9.17, 15) is 9.18 Å². The van der Waals surface area contributed by atoms with E-state index in [0.717, 1.165) is 53.3 Å². The second-order valence-corrected chi connectivity index (χ2v) is 8.44. The Morgan fingerprint density at radius 2 is 1.81 bits per heavy atom. The van der Waals surface area contributed by atoms with Crippen LogP contribution in [-0.4, -0.2) is 33.3 Å². The van der Waals surface area contributed by atoms with Gasteiger partial charge in [0.25, 0.3) is 5.91 Å². The van der Waals surface area contributed by atoms with Crippen molar-refractivity contribution in [2.45, 2.75) is 33.1 Å². The fourth-order valence-electron chi connectivity index (χ4n) is 3.67. The molecule has 31 heavy (non-hydrogen) atoms. The third-order valence-corrected chi connectivity index (χ3v) is 6.34. The lowest BCUT2D eigenvalue weighted by atomic mass is 10.1. The Hall–Kier alpha value is -2.99. The van der Waals surface area contributed by atoms with E-state index in [1.165, 1.54) is 17.7 Å². The summed E-state index contributed by atoms with van der Waals surface area (Å²) >= 11 is 1.58. The molecule has 4 nitrogen and oxygen atoms in total. The molecule has 0 atom stereocenters. The van der Waals surface area contributed by atoms with Crippen LogP contribution in [0, 0.1) is 5.82 Å². The first-order valence-electron chi connectivity index (χ1n) is 10.7. The summed E-state index contributed by atoms with van der Waals surface area (Å²) in [7, 11) is 0. The molecule has 160 valence electrons. The highest BCUT2D eigenvalue weighted by molar-refractivity contribution is 7.15. The van der Waals surface area contributed by atoms with Gasteiger partial charge in [-0.3, -0.25) is 9.20 Å². The molecule has 0 aliphatic heterocycles. The van der Waals surface area contributed by atoms with Crippen molar-refractivity contribution in [1.82, 2.24) is 14.3 Å². The van der Waals surface area contributed by atoms with Gasteiger partial charge in [-0.25, -0.2) is 9.37 Å². The summed E-state index contributed by atoms with van der Waals surface area (Å²) in [6, 6.07) is 14.3. The van der Waals surface area contributed by atoms with Crippen molar-refractivity contribution in [1.29, 1.82) is 0 Å². The molecular weight excluding hydrogens is 409 g/mol. The van der Waals surface area contributed by atoms with Crippen LogP contribution in [0.4, 0.5) is 4.39 Å². The Kier molecular flexibility index (Phi) is 6.47. The topological polar surface area (TPSA) is 37.6 Å². The predicted molar refractivity (Wildman–Crippen MR) is 124 cm³/mol. The zero-order chi connectivity index (χ0) is 21.8. The van der Waals surface area contributed by atoms with Gasteiger partial charge in [-0.1, -0.05) is 26.0 Å². The minimum Gasteiger partial charge on any atom is -0.338 e. The summed E-state index contributed by atoms with van der Waals surface area (Å²) in [5.41, 5.74) is 4.81. The molecule has 0 saturated carbocycles.